The van der Waals surface area contributed by atoms with Crippen LogP contribution in [0.3, 0.4) is 0 Å². The second kappa shape index (κ2) is 8.86. The van der Waals surface area contributed by atoms with E-state index in [9.17, 15) is 4.79 Å². The van der Waals surface area contributed by atoms with Crippen molar-refractivity contribution in [3.05, 3.63) is 77.4 Å². The summed E-state index contributed by atoms with van der Waals surface area (Å²) in [6.45, 7) is 2.71. The van der Waals surface area contributed by atoms with Crippen LogP contribution in [0.2, 0.25) is 0 Å². The zero-order chi connectivity index (χ0) is 16.5. The molecule has 0 saturated carbocycles. The van der Waals surface area contributed by atoms with Crippen LogP contribution in [0.5, 0.6) is 0 Å². The minimum atomic E-state index is -0.234. The van der Waals surface area contributed by atoms with E-state index in [1.807, 2.05) is 49.4 Å². The van der Waals surface area contributed by atoms with E-state index in [0.29, 0.717) is 11.7 Å². The molecule has 2 aromatic rings. The van der Waals surface area contributed by atoms with Crippen LogP contribution in [0.15, 0.2) is 60.7 Å². The average molecular weight is 324 g/mol. The molecule has 2 aromatic carbocycles. The molecule has 118 valence electrons. The molecule has 0 aliphatic carbocycles. The molecule has 23 heavy (non-hydrogen) atoms. The van der Waals surface area contributed by atoms with Crippen LogP contribution >= 0.6 is 12.2 Å². The summed E-state index contributed by atoms with van der Waals surface area (Å²) >= 11 is 5.12. The van der Waals surface area contributed by atoms with Gasteiger partial charge in [0.05, 0.1) is 0 Å². The molecule has 0 aromatic heterocycles. The molecule has 0 aliphatic heterocycles. The predicted molar refractivity (Wildman–Crippen MR) is 99.1 cm³/mol. The molecule has 0 fully saturated rings. The molecule has 2 rings (SSSR count). The largest absolute Gasteiger partial charge is 0.362 e. The first-order valence-electron chi connectivity index (χ1n) is 7.51. The summed E-state index contributed by atoms with van der Waals surface area (Å²) in [6, 6.07) is 18.1. The highest BCUT2D eigenvalue weighted by Crippen LogP contribution is 2.04. The van der Waals surface area contributed by atoms with Gasteiger partial charge in [-0.25, -0.2) is 0 Å². The van der Waals surface area contributed by atoms with Gasteiger partial charge in [-0.3, -0.25) is 10.1 Å². The second-order valence-electron chi connectivity index (χ2n) is 5.22. The van der Waals surface area contributed by atoms with E-state index in [1.165, 1.54) is 17.2 Å². The van der Waals surface area contributed by atoms with Gasteiger partial charge in [0.1, 0.15) is 0 Å². The van der Waals surface area contributed by atoms with Crippen molar-refractivity contribution >= 4 is 29.3 Å². The molecule has 1 amide bonds. The summed E-state index contributed by atoms with van der Waals surface area (Å²) in [5, 5.41) is 6.02. The van der Waals surface area contributed by atoms with E-state index < -0.39 is 0 Å². The lowest BCUT2D eigenvalue weighted by molar-refractivity contribution is -0.115. The fraction of sp³-hybridized carbons (Fsp3) is 0.158. The Morgan fingerprint density at radius 1 is 1.09 bits per heavy atom. The summed E-state index contributed by atoms with van der Waals surface area (Å²) in [5.41, 5.74) is 3.40. The van der Waals surface area contributed by atoms with Gasteiger partial charge in [0, 0.05) is 12.6 Å². The van der Waals surface area contributed by atoms with Crippen LogP contribution in [-0.4, -0.2) is 17.6 Å². The number of amides is 1. The van der Waals surface area contributed by atoms with Crippen molar-refractivity contribution in [2.24, 2.45) is 0 Å². The first kappa shape index (κ1) is 16.9. The Morgan fingerprint density at radius 3 is 2.48 bits per heavy atom. The molecule has 3 nitrogen and oxygen atoms in total. The Bertz CT molecular complexity index is 678. The van der Waals surface area contributed by atoms with Gasteiger partial charge in [0.15, 0.2) is 5.11 Å². The normalized spacial score (nSPS) is 10.5. The summed E-state index contributed by atoms with van der Waals surface area (Å²) in [5.74, 6) is -0.234. The minimum Gasteiger partial charge on any atom is -0.362 e. The third kappa shape index (κ3) is 6.45. The molecule has 2 N–H and O–H groups in total. The number of thiocarbonyl (C=S) groups is 1. The van der Waals surface area contributed by atoms with Crippen molar-refractivity contribution in [1.29, 1.82) is 0 Å². The van der Waals surface area contributed by atoms with Crippen molar-refractivity contribution in [2.45, 2.75) is 13.3 Å². The predicted octanol–water partition coefficient (Wildman–Crippen LogP) is 3.24. The van der Waals surface area contributed by atoms with E-state index in [0.717, 1.165) is 12.0 Å². The van der Waals surface area contributed by atoms with Crippen LogP contribution in [0.1, 0.15) is 16.7 Å². The third-order valence-electron chi connectivity index (χ3n) is 3.28. The van der Waals surface area contributed by atoms with Gasteiger partial charge in [-0.05, 0) is 42.8 Å². The highest BCUT2D eigenvalue weighted by Gasteiger charge is 2.00. The Balaban J connectivity index is 1.72. The summed E-state index contributed by atoms with van der Waals surface area (Å²) < 4.78 is 0. The van der Waals surface area contributed by atoms with Gasteiger partial charge in [-0.15, -0.1) is 0 Å². The van der Waals surface area contributed by atoms with Gasteiger partial charge >= 0.3 is 0 Å². The average Bonchev–Trinajstić information content (AvgIpc) is 2.55. The molecule has 0 atom stereocenters. The summed E-state index contributed by atoms with van der Waals surface area (Å²) in [6.07, 6.45) is 4.10. The number of benzene rings is 2. The van der Waals surface area contributed by atoms with Crippen LogP contribution in [0.4, 0.5) is 0 Å². The van der Waals surface area contributed by atoms with E-state index in [1.54, 1.807) is 6.08 Å². The third-order valence-corrected chi connectivity index (χ3v) is 3.53. The highest BCUT2D eigenvalue weighted by atomic mass is 32.1. The number of carbonyl (C=O) groups is 1. The SMILES string of the molecule is Cc1ccc(/C=C/C(=O)NC(=S)NCCc2ccccc2)cc1. The molecule has 0 radical (unpaired) electrons. The lowest BCUT2D eigenvalue weighted by atomic mass is 10.1. The topological polar surface area (TPSA) is 41.1 Å². The maximum Gasteiger partial charge on any atom is 0.250 e. The Hall–Kier alpha value is -2.46. The summed E-state index contributed by atoms with van der Waals surface area (Å²) in [7, 11) is 0. The van der Waals surface area contributed by atoms with E-state index in [-0.39, 0.29) is 5.91 Å². The Labute approximate surface area is 142 Å². The fourth-order valence-electron chi connectivity index (χ4n) is 2.01. The lowest BCUT2D eigenvalue weighted by Crippen LogP contribution is -2.39. The van der Waals surface area contributed by atoms with Crippen LogP contribution < -0.4 is 10.6 Å². The van der Waals surface area contributed by atoms with Crippen molar-refractivity contribution < 1.29 is 4.79 Å². The molecule has 4 heteroatoms. The molecule has 0 aliphatic rings. The van der Waals surface area contributed by atoms with Crippen molar-refractivity contribution in [2.75, 3.05) is 6.54 Å². The van der Waals surface area contributed by atoms with Gasteiger partial charge in [-0.1, -0.05) is 60.2 Å². The molecule has 0 saturated heterocycles. The van der Waals surface area contributed by atoms with Gasteiger partial charge < -0.3 is 5.32 Å². The van der Waals surface area contributed by atoms with E-state index in [2.05, 4.69) is 22.8 Å². The molecule has 0 bridgehead atoms. The zero-order valence-electron chi connectivity index (χ0n) is 13.1. The number of rotatable bonds is 5. The van der Waals surface area contributed by atoms with E-state index in [4.69, 9.17) is 12.2 Å². The van der Waals surface area contributed by atoms with Gasteiger partial charge in [0.25, 0.3) is 0 Å². The number of hydrogen-bond acceptors (Lipinski definition) is 2. The van der Waals surface area contributed by atoms with Crippen LogP contribution in [0.25, 0.3) is 6.08 Å². The first-order valence-corrected chi connectivity index (χ1v) is 7.92. The van der Waals surface area contributed by atoms with E-state index >= 15 is 0 Å². The van der Waals surface area contributed by atoms with Crippen molar-refractivity contribution in [3.8, 4) is 0 Å². The smallest absolute Gasteiger partial charge is 0.250 e. The van der Waals surface area contributed by atoms with Crippen molar-refractivity contribution in [3.63, 3.8) is 0 Å². The first-order chi connectivity index (χ1) is 11.1. The fourth-order valence-corrected chi connectivity index (χ4v) is 2.21. The van der Waals surface area contributed by atoms with Gasteiger partial charge in [0.2, 0.25) is 5.91 Å². The maximum atomic E-state index is 11.8. The highest BCUT2D eigenvalue weighted by molar-refractivity contribution is 7.80. The number of nitrogens with one attached hydrogen (secondary N) is 2. The van der Waals surface area contributed by atoms with Crippen LogP contribution in [-0.2, 0) is 11.2 Å². The minimum absolute atomic E-state index is 0.234. The van der Waals surface area contributed by atoms with Crippen molar-refractivity contribution in [1.82, 2.24) is 10.6 Å². The monoisotopic (exact) mass is 324 g/mol. The second-order valence-corrected chi connectivity index (χ2v) is 5.63. The zero-order valence-corrected chi connectivity index (χ0v) is 13.9. The molecule has 0 spiro atoms. The lowest BCUT2D eigenvalue weighted by Gasteiger charge is -2.08. The quantitative estimate of drug-likeness (QED) is 0.655. The number of hydrogen-bond donors (Lipinski definition) is 2. The Morgan fingerprint density at radius 2 is 1.78 bits per heavy atom. The Kier molecular flexibility index (Phi) is 6.51. The maximum absolute atomic E-state index is 11.8. The van der Waals surface area contributed by atoms with Gasteiger partial charge in [-0.2, -0.15) is 0 Å². The number of aryl methyl sites for hydroxylation is 1. The molecule has 0 heterocycles. The standard InChI is InChI=1S/C19H20N2OS/c1-15-7-9-17(10-8-15)11-12-18(22)21-19(23)20-14-13-16-5-3-2-4-6-16/h2-12H,13-14H2,1H3,(H2,20,21,22,23)/b12-11+. The summed E-state index contributed by atoms with van der Waals surface area (Å²) in [4.78, 5) is 11.8. The van der Waals surface area contributed by atoms with Crippen LogP contribution in [0, 0.1) is 6.92 Å². The molecular weight excluding hydrogens is 304 g/mol. The molecule has 0 unspecified atom stereocenters. The molecular formula is C19H20N2OS. The number of carbonyl (C=O) groups excluding carboxylic acids is 1.